The van der Waals surface area contributed by atoms with Crippen LogP contribution in [-0.2, 0) is 4.74 Å². The van der Waals surface area contributed by atoms with Crippen LogP contribution >= 0.6 is 0 Å². The average molecular weight is 270 g/mol. The SMILES string of the molecule is C#C[C@]1(CO)O[C@@H](n2cc(F)c(=O)[nH]c2=O)CC1O. The largest absolute Gasteiger partial charge is 0.392 e. The standard InChI is InChI=1S/C11H11FN2O5/c1-2-11(5-15)7(16)3-8(19-11)14-4-6(12)9(17)13-10(14)18/h1,4,7-8,15-16H,3,5H2,(H,13,17,18)/t7?,8-,11-/m1/s1. The summed E-state index contributed by atoms with van der Waals surface area (Å²) in [5.41, 5.74) is -3.68. The molecule has 0 radical (unpaired) electrons. The third-order valence-electron chi connectivity index (χ3n) is 3.02. The number of rotatable bonds is 2. The Kier molecular flexibility index (Phi) is 3.28. The number of terminal acetylenes is 1. The minimum absolute atomic E-state index is 0.115. The van der Waals surface area contributed by atoms with Gasteiger partial charge in [-0.05, 0) is 0 Å². The van der Waals surface area contributed by atoms with Crippen molar-refractivity contribution >= 4 is 0 Å². The van der Waals surface area contributed by atoms with Crippen molar-refractivity contribution in [2.45, 2.75) is 24.4 Å². The summed E-state index contributed by atoms with van der Waals surface area (Å²) in [4.78, 5) is 24.2. The zero-order valence-electron chi connectivity index (χ0n) is 9.67. The number of aromatic amines is 1. The highest BCUT2D eigenvalue weighted by Gasteiger charge is 2.47. The van der Waals surface area contributed by atoms with Crippen molar-refractivity contribution in [1.29, 1.82) is 0 Å². The first-order valence-corrected chi connectivity index (χ1v) is 5.39. The van der Waals surface area contributed by atoms with Gasteiger partial charge in [0.05, 0.1) is 12.8 Å². The summed E-state index contributed by atoms with van der Waals surface area (Å²) in [5.74, 6) is 0.952. The molecule has 19 heavy (non-hydrogen) atoms. The molecule has 1 unspecified atom stereocenters. The molecule has 0 spiro atoms. The van der Waals surface area contributed by atoms with Gasteiger partial charge in [-0.2, -0.15) is 4.39 Å². The van der Waals surface area contributed by atoms with Gasteiger partial charge < -0.3 is 14.9 Å². The average Bonchev–Trinajstić information content (AvgIpc) is 2.71. The molecule has 1 fully saturated rings. The van der Waals surface area contributed by atoms with Crippen molar-refractivity contribution < 1.29 is 19.3 Å². The number of hydrogen-bond donors (Lipinski definition) is 3. The number of nitrogens with zero attached hydrogens (tertiary/aromatic N) is 1. The molecule has 0 bridgehead atoms. The van der Waals surface area contributed by atoms with E-state index >= 15 is 0 Å². The fourth-order valence-electron chi connectivity index (χ4n) is 1.91. The lowest BCUT2D eigenvalue weighted by atomic mass is 9.99. The van der Waals surface area contributed by atoms with Crippen LogP contribution in [0.3, 0.4) is 0 Å². The Morgan fingerprint density at radius 1 is 1.68 bits per heavy atom. The molecule has 1 saturated heterocycles. The zero-order valence-corrected chi connectivity index (χ0v) is 9.67. The molecule has 0 aromatic carbocycles. The highest BCUT2D eigenvalue weighted by molar-refractivity contribution is 5.16. The van der Waals surface area contributed by atoms with Crippen LogP contribution in [-0.4, -0.2) is 38.1 Å². The van der Waals surface area contributed by atoms with Crippen molar-refractivity contribution in [2.24, 2.45) is 0 Å². The molecule has 1 aliphatic rings. The van der Waals surface area contributed by atoms with Crippen LogP contribution < -0.4 is 11.2 Å². The summed E-state index contributed by atoms with van der Waals surface area (Å²) in [5, 5.41) is 19.0. The first kappa shape index (κ1) is 13.5. The van der Waals surface area contributed by atoms with Gasteiger partial charge in [0.15, 0.2) is 5.60 Å². The van der Waals surface area contributed by atoms with Crippen LogP contribution in [0.25, 0.3) is 0 Å². The lowest BCUT2D eigenvalue weighted by molar-refractivity contribution is -0.0914. The summed E-state index contributed by atoms with van der Waals surface area (Å²) in [7, 11) is 0. The van der Waals surface area contributed by atoms with E-state index in [1.807, 2.05) is 0 Å². The fraction of sp³-hybridized carbons (Fsp3) is 0.455. The minimum atomic E-state index is -1.64. The molecule has 7 nitrogen and oxygen atoms in total. The first-order chi connectivity index (χ1) is 8.93. The Bertz CT molecular complexity index is 646. The quantitative estimate of drug-likeness (QED) is 0.557. The Labute approximate surface area is 106 Å². The number of hydrogen-bond acceptors (Lipinski definition) is 5. The van der Waals surface area contributed by atoms with Crippen LogP contribution in [0.1, 0.15) is 12.6 Å². The Morgan fingerprint density at radius 2 is 2.37 bits per heavy atom. The van der Waals surface area contributed by atoms with E-state index in [9.17, 15) is 24.2 Å². The third kappa shape index (κ3) is 2.08. The van der Waals surface area contributed by atoms with Crippen LogP contribution in [0.5, 0.6) is 0 Å². The van der Waals surface area contributed by atoms with Crippen molar-refractivity contribution in [3.05, 3.63) is 32.9 Å². The highest BCUT2D eigenvalue weighted by atomic mass is 19.1. The van der Waals surface area contributed by atoms with E-state index in [0.29, 0.717) is 6.20 Å². The molecule has 1 aliphatic heterocycles. The zero-order chi connectivity index (χ0) is 14.2. The molecule has 3 atom stereocenters. The number of aromatic nitrogens is 2. The van der Waals surface area contributed by atoms with Crippen LogP contribution in [0, 0.1) is 18.2 Å². The molecule has 8 heteroatoms. The maximum absolute atomic E-state index is 13.2. The molecule has 0 amide bonds. The van der Waals surface area contributed by atoms with E-state index < -0.39 is 41.6 Å². The van der Waals surface area contributed by atoms with Crippen LogP contribution in [0.2, 0.25) is 0 Å². The number of halogens is 1. The Balaban J connectivity index is 2.42. The van der Waals surface area contributed by atoms with Crippen molar-refractivity contribution in [3.8, 4) is 12.3 Å². The second-order valence-electron chi connectivity index (χ2n) is 4.16. The molecule has 1 aromatic heterocycles. The number of aliphatic hydroxyl groups is 2. The van der Waals surface area contributed by atoms with Gasteiger partial charge in [0.1, 0.15) is 12.3 Å². The van der Waals surface area contributed by atoms with Gasteiger partial charge in [0, 0.05) is 6.42 Å². The topological polar surface area (TPSA) is 105 Å². The summed E-state index contributed by atoms with van der Waals surface area (Å²) < 4.78 is 19.2. The van der Waals surface area contributed by atoms with Crippen LogP contribution in [0.15, 0.2) is 15.8 Å². The predicted octanol–water partition coefficient (Wildman–Crippen LogP) is -1.68. The van der Waals surface area contributed by atoms with Gasteiger partial charge in [-0.15, -0.1) is 6.42 Å². The summed E-state index contributed by atoms with van der Waals surface area (Å²) in [6, 6.07) is 0. The van der Waals surface area contributed by atoms with Crippen molar-refractivity contribution in [3.63, 3.8) is 0 Å². The maximum atomic E-state index is 13.2. The van der Waals surface area contributed by atoms with E-state index in [1.54, 1.807) is 4.98 Å². The lowest BCUT2D eigenvalue weighted by Gasteiger charge is -2.23. The minimum Gasteiger partial charge on any atom is -0.392 e. The Morgan fingerprint density at radius 3 is 2.89 bits per heavy atom. The fourth-order valence-corrected chi connectivity index (χ4v) is 1.91. The van der Waals surface area contributed by atoms with E-state index in [0.717, 1.165) is 4.57 Å². The molecular weight excluding hydrogens is 259 g/mol. The predicted molar refractivity (Wildman–Crippen MR) is 60.7 cm³/mol. The molecule has 102 valence electrons. The molecule has 0 saturated carbocycles. The summed E-state index contributed by atoms with van der Waals surface area (Å²) >= 11 is 0. The number of nitrogens with one attached hydrogen (secondary N) is 1. The summed E-state index contributed by atoms with van der Waals surface area (Å²) in [6.45, 7) is -0.651. The number of ether oxygens (including phenoxy) is 1. The maximum Gasteiger partial charge on any atom is 0.330 e. The molecule has 2 rings (SSSR count). The smallest absolute Gasteiger partial charge is 0.330 e. The molecule has 1 aromatic rings. The lowest BCUT2D eigenvalue weighted by Crippen LogP contribution is -2.41. The molecular formula is C11H11FN2O5. The van der Waals surface area contributed by atoms with E-state index in [1.165, 1.54) is 0 Å². The second-order valence-corrected chi connectivity index (χ2v) is 4.16. The van der Waals surface area contributed by atoms with Gasteiger partial charge in [-0.25, -0.2) is 4.79 Å². The monoisotopic (exact) mass is 270 g/mol. The van der Waals surface area contributed by atoms with Crippen molar-refractivity contribution in [1.82, 2.24) is 9.55 Å². The van der Waals surface area contributed by atoms with E-state index in [4.69, 9.17) is 11.2 Å². The Hall–Kier alpha value is -1.95. The highest BCUT2D eigenvalue weighted by Crippen LogP contribution is 2.35. The molecule has 2 heterocycles. The number of H-pyrrole nitrogens is 1. The summed E-state index contributed by atoms with van der Waals surface area (Å²) in [6.07, 6.45) is 3.46. The number of aliphatic hydroxyl groups excluding tert-OH is 2. The third-order valence-corrected chi connectivity index (χ3v) is 3.02. The molecule has 3 N–H and O–H groups in total. The van der Waals surface area contributed by atoms with Gasteiger partial charge in [-0.3, -0.25) is 14.3 Å². The van der Waals surface area contributed by atoms with Crippen molar-refractivity contribution in [2.75, 3.05) is 6.61 Å². The van der Waals surface area contributed by atoms with Gasteiger partial charge in [-0.1, -0.05) is 5.92 Å². The molecule has 0 aliphatic carbocycles. The van der Waals surface area contributed by atoms with Gasteiger partial charge in [0.25, 0.3) is 5.56 Å². The normalized spacial score (nSPS) is 30.2. The van der Waals surface area contributed by atoms with Crippen LogP contribution in [0.4, 0.5) is 4.39 Å². The van der Waals surface area contributed by atoms with Gasteiger partial charge >= 0.3 is 5.69 Å². The van der Waals surface area contributed by atoms with E-state index in [2.05, 4.69) is 5.92 Å². The van der Waals surface area contributed by atoms with Gasteiger partial charge in [0.2, 0.25) is 5.82 Å². The first-order valence-electron chi connectivity index (χ1n) is 5.39. The second kappa shape index (κ2) is 4.62. The van der Waals surface area contributed by atoms with E-state index in [-0.39, 0.29) is 6.42 Å².